The van der Waals surface area contributed by atoms with Crippen LogP contribution in [0.1, 0.15) is 31.2 Å². The Morgan fingerprint density at radius 3 is 2.76 bits per heavy atom. The molecular weight excluding hydrogens is 356 g/mol. The highest BCUT2D eigenvalue weighted by atomic mass is 79.9. The van der Waals surface area contributed by atoms with Gasteiger partial charge in [0.05, 0.1) is 4.90 Å². The van der Waals surface area contributed by atoms with Crippen LogP contribution in [0.25, 0.3) is 0 Å². The third-order valence-corrected chi connectivity index (χ3v) is 5.35. The van der Waals surface area contributed by atoms with Crippen LogP contribution in [-0.2, 0) is 14.8 Å². The second-order valence-electron chi connectivity index (χ2n) is 5.25. The zero-order valence-corrected chi connectivity index (χ0v) is 14.3. The van der Waals surface area contributed by atoms with Gasteiger partial charge in [0.25, 0.3) is 0 Å². The lowest BCUT2D eigenvalue weighted by molar-refractivity contribution is -0.121. The molecule has 0 radical (unpaired) electrons. The second kappa shape index (κ2) is 6.89. The number of sulfonamides is 1. The average Bonchev–Trinajstić information content (AvgIpc) is 3.21. The fourth-order valence-electron chi connectivity index (χ4n) is 1.92. The summed E-state index contributed by atoms with van der Waals surface area (Å²) in [4.78, 5) is 11.8. The Labute approximate surface area is 133 Å². The quantitative estimate of drug-likeness (QED) is 0.717. The maximum Gasteiger partial charge on any atom is 0.240 e. The van der Waals surface area contributed by atoms with Gasteiger partial charge >= 0.3 is 0 Å². The molecular formula is C14H19BrN2O3S. The lowest BCUT2D eigenvalue weighted by Gasteiger charge is -2.10. The van der Waals surface area contributed by atoms with Gasteiger partial charge in [-0.25, -0.2) is 13.1 Å². The van der Waals surface area contributed by atoms with Crippen molar-refractivity contribution in [3.8, 4) is 0 Å². The number of hydrogen-bond donors (Lipinski definition) is 2. The molecule has 0 aliphatic heterocycles. The largest absolute Gasteiger partial charge is 0.353 e. The van der Waals surface area contributed by atoms with Crippen molar-refractivity contribution in [2.75, 3.05) is 6.54 Å². The van der Waals surface area contributed by atoms with Gasteiger partial charge in [0.15, 0.2) is 0 Å². The summed E-state index contributed by atoms with van der Waals surface area (Å²) in [5.41, 5.74) is 0.692. The number of aryl methyl sites for hydroxylation is 1. The van der Waals surface area contributed by atoms with Gasteiger partial charge in [0.2, 0.25) is 15.9 Å². The summed E-state index contributed by atoms with van der Waals surface area (Å²) in [6.45, 7) is 2.01. The third kappa shape index (κ3) is 5.09. The molecule has 0 heterocycles. The van der Waals surface area contributed by atoms with E-state index in [1.165, 1.54) is 0 Å². The number of rotatable bonds is 7. The molecule has 2 N–H and O–H groups in total. The van der Waals surface area contributed by atoms with E-state index in [4.69, 9.17) is 0 Å². The first-order chi connectivity index (χ1) is 9.88. The van der Waals surface area contributed by atoms with E-state index in [-0.39, 0.29) is 17.3 Å². The molecule has 0 atom stereocenters. The standard InChI is InChI=1S/C14H19BrN2O3S/c1-10-4-5-11(15)9-13(10)21(19,20)16-8-2-3-14(18)17-12-6-7-12/h4-5,9,12,16H,2-3,6-8H2,1H3,(H,17,18). The van der Waals surface area contributed by atoms with E-state index in [9.17, 15) is 13.2 Å². The number of nitrogens with one attached hydrogen (secondary N) is 2. The number of hydrogen-bond acceptors (Lipinski definition) is 3. The van der Waals surface area contributed by atoms with E-state index in [2.05, 4.69) is 26.0 Å². The molecule has 2 rings (SSSR count). The Hall–Kier alpha value is -0.920. The van der Waals surface area contributed by atoms with Crippen LogP contribution in [0.5, 0.6) is 0 Å². The third-order valence-electron chi connectivity index (χ3n) is 3.25. The molecule has 1 aliphatic carbocycles. The Bertz CT molecular complexity index is 627. The molecule has 1 aromatic rings. The number of carbonyl (C=O) groups is 1. The van der Waals surface area contributed by atoms with Crippen molar-refractivity contribution in [3.05, 3.63) is 28.2 Å². The van der Waals surface area contributed by atoms with Crippen LogP contribution >= 0.6 is 15.9 Å². The zero-order valence-electron chi connectivity index (χ0n) is 11.9. The topological polar surface area (TPSA) is 75.3 Å². The van der Waals surface area contributed by atoms with Gasteiger partial charge in [-0.2, -0.15) is 0 Å². The molecule has 0 unspecified atom stereocenters. The molecule has 7 heteroatoms. The van der Waals surface area contributed by atoms with E-state index >= 15 is 0 Å². The minimum Gasteiger partial charge on any atom is -0.353 e. The fraction of sp³-hybridized carbons (Fsp3) is 0.500. The van der Waals surface area contributed by atoms with Crippen LogP contribution in [0.3, 0.4) is 0 Å². The first-order valence-corrected chi connectivity index (χ1v) is 9.21. The minimum atomic E-state index is -3.53. The summed E-state index contributed by atoms with van der Waals surface area (Å²) in [7, 11) is -3.53. The first-order valence-electron chi connectivity index (χ1n) is 6.94. The van der Waals surface area contributed by atoms with Gasteiger partial charge in [-0.3, -0.25) is 4.79 Å². The van der Waals surface area contributed by atoms with E-state index < -0.39 is 10.0 Å². The molecule has 1 aliphatic rings. The maximum atomic E-state index is 12.2. The summed E-state index contributed by atoms with van der Waals surface area (Å²) in [5.74, 6) is -0.00432. The molecule has 5 nitrogen and oxygen atoms in total. The average molecular weight is 375 g/mol. The molecule has 0 spiro atoms. The number of halogens is 1. The van der Waals surface area contributed by atoms with E-state index in [1.54, 1.807) is 25.1 Å². The number of amides is 1. The van der Waals surface area contributed by atoms with Crippen molar-refractivity contribution in [1.29, 1.82) is 0 Å². The van der Waals surface area contributed by atoms with Gasteiger partial charge in [0, 0.05) is 23.5 Å². The predicted molar refractivity (Wildman–Crippen MR) is 84.5 cm³/mol. The first kappa shape index (κ1) is 16.5. The predicted octanol–water partition coefficient (Wildman–Crippen LogP) is 2.09. The minimum absolute atomic E-state index is 0.00432. The summed E-state index contributed by atoms with van der Waals surface area (Å²) in [6.07, 6.45) is 2.95. The van der Waals surface area contributed by atoms with E-state index in [0.717, 1.165) is 17.3 Å². The van der Waals surface area contributed by atoms with Gasteiger partial charge in [0.1, 0.15) is 0 Å². The van der Waals surface area contributed by atoms with Crippen molar-refractivity contribution in [3.63, 3.8) is 0 Å². The van der Waals surface area contributed by atoms with Crippen LogP contribution in [0.15, 0.2) is 27.6 Å². The molecule has 1 amide bonds. The van der Waals surface area contributed by atoms with Gasteiger partial charge in [-0.05, 0) is 43.9 Å². The monoisotopic (exact) mass is 374 g/mol. The Kier molecular flexibility index (Phi) is 5.40. The Morgan fingerprint density at radius 1 is 1.38 bits per heavy atom. The lowest BCUT2D eigenvalue weighted by Crippen LogP contribution is -2.28. The van der Waals surface area contributed by atoms with Crippen molar-refractivity contribution < 1.29 is 13.2 Å². The van der Waals surface area contributed by atoms with Gasteiger partial charge in [-0.1, -0.05) is 22.0 Å². The normalized spacial score (nSPS) is 15.0. The smallest absolute Gasteiger partial charge is 0.240 e. The van der Waals surface area contributed by atoms with Crippen molar-refractivity contribution >= 4 is 31.9 Å². The molecule has 21 heavy (non-hydrogen) atoms. The Balaban J connectivity index is 1.83. The molecule has 1 aromatic carbocycles. The van der Waals surface area contributed by atoms with Crippen molar-refractivity contribution in [1.82, 2.24) is 10.0 Å². The molecule has 0 saturated heterocycles. The van der Waals surface area contributed by atoms with Gasteiger partial charge in [-0.15, -0.1) is 0 Å². The van der Waals surface area contributed by atoms with Gasteiger partial charge < -0.3 is 5.32 Å². The van der Waals surface area contributed by atoms with Crippen LogP contribution in [0.2, 0.25) is 0 Å². The van der Waals surface area contributed by atoms with E-state index in [1.807, 2.05) is 0 Å². The highest BCUT2D eigenvalue weighted by Crippen LogP contribution is 2.20. The summed E-state index contributed by atoms with van der Waals surface area (Å²) >= 11 is 3.27. The van der Waals surface area contributed by atoms with Crippen LogP contribution < -0.4 is 10.0 Å². The molecule has 1 saturated carbocycles. The van der Waals surface area contributed by atoms with E-state index in [0.29, 0.717) is 24.4 Å². The zero-order chi connectivity index (χ0) is 15.5. The maximum absolute atomic E-state index is 12.2. The highest BCUT2D eigenvalue weighted by Gasteiger charge is 2.23. The van der Waals surface area contributed by atoms with Crippen molar-refractivity contribution in [2.24, 2.45) is 0 Å². The summed E-state index contributed by atoms with van der Waals surface area (Å²) in [6, 6.07) is 5.48. The van der Waals surface area contributed by atoms with Crippen LogP contribution in [0, 0.1) is 6.92 Å². The number of carbonyl (C=O) groups excluding carboxylic acids is 1. The summed E-state index contributed by atoms with van der Waals surface area (Å²) in [5, 5.41) is 2.88. The van der Waals surface area contributed by atoms with Crippen LogP contribution in [0.4, 0.5) is 0 Å². The Morgan fingerprint density at radius 2 is 2.10 bits per heavy atom. The fourth-order valence-corrected chi connectivity index (χ4v) is 3.78. The lowest BCUT2D eigenvalue weighted by atomic mass is 10.2. The van der Waals surface area contributed by atoms with Crippen molar-refractivity contribution in [2.45, 2.75) is 43.5 Å². The second-order valence-corrected chi connectivity index (χ2v) is 7.90. The highest BCUT2D eigenvalue weighted by molar-refractivity contribution is 9.10. The SMILES string of the molecule is Cc1ccc(Br)cc1S(=O)(=O)NCCCC(=O)NC1CC1. The summed E-state index contributed by atoms with van der Waals surface area (Å²) < 4.78 is 27.7. The molecule has 0 aromatic heterocycles. The van der Waals surface area contributed by atoms with Crippen LogP contribution in [-0.4, -0.2) is 26.9 Å². The molecule has 116 valence electrons. The molecule has 1 fully saturated rings. The molecule has 0 bridgehead atoms. The number of benzene rings is 1.